The Bertz CT molecular complexity index is 747. The van der Waals surface area contributed by atoms with Gasteiger partial charge in [0.25, 0.3) is 0 Å². The first-order valence-corrected chi connectivity index (χ1v) is 7.06. The summed E-state index contributed by atoms with van der Waals surface area (Å²) in [6.07, 6.45) is 3.33. The van der Waals surface area contributed by atoms with Crippen molar-refractivity contribution in [2.24, 2.45) is 0 Å². The van der Waals surface area contributed by atoms with E-state index in [1.54, 1.807) is 18.5 Å². The highest BCUT2D eigenvalue weighted by molar-refractivity contribution is 5.46. The summed E-state index contributed by atoms with van der Waals surface area (Å²) in [7, 11) is 0. The number of hydrogen-bond acceptors (Lipinski definition) is 2. The number of pyridine rings is 1. The van der Waals surface area contributed by atoms with Crippen molar-refractivity contribution >= 4 is 0 Å². The van der Waals surface area contributed by atoms with Gasteiger partial charge < -0.3 is 5.11 Å². The third-order valence-corrected chi connectivity index (χ3v) is 3.43. The highest BCUT2D eigenvalue weighted by Gasteiger charge is 2.29. The molecule has 0 fully saturated rings. The van der Waals surface area contributed by atoms with Gasteiger partial charge in [-0.05, 0) is 18.2 Å². The van der Waals surface area contributed by atoms with Crippen molar-refractivity contribution in [2.45, 2.75) is 5.60 Å². The fourth-order valence-electron chi connectivity index (χ4n) is 2.25. The molecule has 106 valence electrons. The normalized spacial score (nSPS) is 12.8. The van der Waals surface area contributed by atoms with E-state index in [4.69, 9.17) is 0 Å². The van der Waals surface area contributed by atoms with Crippen LogP contribution >= 0.6 is 0 Å². The number of aromatic nitrogens is 1. The van der Waals surface area contributed by atoms with E-state index in [9.17, 15) is 5.11 Å². The van der Waals surface area contributed by atoms with Gasteiger partial charge in [0.05, 0.1) is 0 Å². The molecule has 2 heteroatoms. The van der Waals surface area contributed by atoms with Gasteiger partial charge in [-0.15, -0.1) is 0 Å². The molecule has 2 aromatic carbocycles. The van der Waals surface area contributed by atoms with Crippen LogP contribution in [0.3, 0.4) is 0 Å². The van der Waals surface area contributed by atoms with E-state index in [1.807, 2.05) is 66.7 Å². The summed E-state index contributed by atoms with van der Waals surface area (Å²) in [5.74, 6) is 6.06. The van der Waals surface area contributed by atoms with Gasteiger partial charge >= 0.3 is 0 Å². The second-order valence-electron chi connectivity index (χ2n) is 4.93. The van der Waals surface area contributed by atoms with Crippen molar-refractivity contribution in [1.82, 2.24) is 4.98 Å². The molecule has 1 N–H and O–H groups in total. The first-order valence-electron chi connectivity index (χ1n) is 7.06. The average molecular weight is 285 g/mol. The monoisotopic (exact) mass is 285 g/mol. The minimum atomic E-state index is -1.38. The Balaban J connectivity index is 2.11. The second-order valence-corrected chi connectivity index (χ2v) is 4.93. The van der Waals surface area contributed by atoms with E-state index in [2.05, 4.69) is 16.8 Å². The van der Waals surface area contributed by atoms with Crippen LogP contribution in [0.15, 0.2) is 85.2 Å². The third-order valence-electron chi connectivity index (χ3n) is 3.43. The van der Waals surface area contributed by atoms with Crippen molar-refractivity contribution < 1.29 is 5.11 Å². The zero-order chi connectivity index (χ0) is 15.3. The number of aliphatic hydroxyl groups is 1. The highest BCUT2D eigenvalue weighted by atomic mass is 16.3. The highest BCUT2D eigenvalue weighted by Crippen LogP contribution is 2.28. The molecule has 0 aliphatic rings. The van der Waals surface area contributed by atoms with Crippen LogP contribution in [0.1, 0.15) is 16.7 Å². The van der Waals surface area contributed by atoms with Crippen LogP contribution in [0.2, 0.25) is 0 Å². The molecule has 0 aliphatic heterocycles. The number of rotatable bonds is 2. The van der Waals surface area contributed by atoms with E-state index >= 15 is 0 Å². The van der Waals surface area contributed by atoms with Crippen molar-refractivity contribution in [3.8, 4) is 11.8 Å². The molecule has 22 heavy (non-hydrogen) atoms. The quantitative estimate of drug-likeness (QED) is 0.732. The molecule has 0 aliphatic carbocycles. The van der Waals surface area contributed by atoms with E-state index in [-0.39, 0.29) is 0 Å². The zero-order valence-electron chi connectivity index (χ0n) is 12.0. The second kappa shape index (κ2) is 6.26. The number of benzene rings is 2. The lowest BCUT2D eigenvalue weighted by Crippen LogP contribution is -2.25. The molecule has 2 nitrogen and oxygen atoms in total. The standard InChI is InChI=1S/C20H15NO/c22-20(18-10-5-2-6-11-18,19-12-7-15-21-16-19)14-13-17-8-3-1-4-9-17/h1-12,15-16,22H. The van der Waals surface area contributed by atoms with E-state index in [1.165, 1.54) is 0 Å². The molecule has 1 aromatic heterocycles. The van der Waals surface area contributed by atoms with Crippen LogP contribution in [-0.2, 0) is 5.60 Å². The summed E-state index contributed by atoms with van der Waals surface area (Å²) in [4.78, 5) is 4.10. The molecule has 0 saturated carbocycles. The van der Waals surface area contributed by atoms with Crippen molar-refractivity contribution in [2.75, 3.05) is 0 Å². The number of nitrogens with zero attached hydrogens (tertiary/aromatic N) is 1. The Morgan fingerprint density at radius 2 is 1.41 bits per heavy atom. The average Bonchev–Trinajstić information content (AvgIpc) is 2.62. The molecular formula is C20H15NO. The third kappa shape index (κ3) is 2.90. The van der Waals surface area contributed by atoms with E-state index in [0.29, 0.717) is 5.56 Å². The zero-order valence-corrected chi connectivity index (χ0v) is 12.0. The van der Waals surface area contributed by atoms with E-state index < -0.39 is 5.60 Å². The van der Waals surface area contributed by atoms with Gasteiger partial charge in [-0.3, -0.25) is 4.98 Å². The molecule has 3 aromatic rings. The van der Waals surface area contributed by atoms with Gasteiger partial charge in [0.1, 0.15) is 0 Å². The maximum atomic E-state index is 11.2. The molecule has 0 radical (unpaired) electrons. The maximum absolute atomic E-state index is 11.2. The van der Waals surface area contributed by atoms with Crippen molar-refractivity contribution in [3.05, 3.63) is 102 Å². The van der Waals surface area contributed by atoms with Crippen LogP contribution in [-0.4, -0.2) is 10.1 Å². The lowest BCUT2D eigenvalue weighted by Gasteiger charge is -2.23. The molecule has 0 saturated heterocycles. The van der Waals surface area contributed by atoms with Crippen LogP contribution < -0.4 is 0 Å². The maximum Gasteiger partial charge on any atom is 0.178 e. The predicted octanol–water partition coefficient (Wildman–Crippen LogP) is 3.37. The SMILES string of the molecule is OC(C#Cc1ccccc1)(c1ccccc1)c1cccnc1. The van der Waals surface area contributed by atoms with Gasteiger partial charge in [-0.1, -0.05) is 66.4 Å². The minimum Gasteiger partial charge on any atom is -0.369 e. The summed E-state index contributed by atoms with van der Waals surface area (Å²) < 4.78 is 0. The summed E-state index contributed by atoms with van der Waals surface area (Å²) in [6.45, 7) is 0. The molecule has 0 spiro atoms. The first-order chi connectivity index (χ1) is 10.8. The predicted molar refractivity (Wildman–Crippen MR) is 87.0 cm³/mol. The van der Waals surface area contributed by atoms with Crippen molar-refractivity contribution in [1.29, 1.82) is 0 Å². The molecule has 1 heterocycles. The lowest BCUT2D eigenvalue weighted by atomic mass is 9.87. The van der Waals surface area contributed by atoms with Gasteiger partial charge in [0, 0.05) is 29.1 Å². The van der Waals surface area contributed by atoms with Crippen LogP contribution in [0, 0.1) is 11.8 Å². The van der Waals surface area contributed by atoms with Gasteiger partial charge in [0.15, 0.2) is 5.60 Å². The fourth-order valence-corrected chi connectivity index (χ4v) is 2.25. The Morgan fingerprint density at radius 1 is 0.773 bits per heavy atom. The van der Waals surface area contributed by atoms with Crippen molar-refractivity contribution in [3.63, 3.8) is 0 Å². The Kier molecular flexibility index (Phi) is 4.00. The Morgan fingerprint density at radius 3 is 2.05 bits per heavy atom. The summed E-state index contributed by atoms with van der Waals surface area (Å²) in [5, 5.41) is 11.2. The smallest absolute Gasteiger partial charge is 0.178 e. The summed E-state index contributed by atoms with van der Waals surface area (Å²) in [6, 6.07) is 22.7. The van der Waals surface area contributed by atoms with Gasteiger partial charge in [-0.2, -0.15) is 0 Å². The first kappa shape index (κ1) is 14.1. The molecule has 0 amide bonds. The molecular weight excluding hydrogens is 270 g/mol. The van der Waals surface area contributed by atoms with Gasteiger partial charge in [-0.25, -0.2) is 0 Å². The summed E-state index contributed by atoms with van der Waals surface area (Å²) >= 11 is 0. The van der Waals surface area contributed by atoms with Gasteiger partial charge in [0.2, 0.25) is 0 Å². The fraction of sp³-hybridized carbons (Fsp3) is 0.0500. The minimum absolute atomic E-state index is 0.657. The summed E-state index contributed by atoms with van der Waals surface area (Å²) in [5.41, 5.74) is 0.863. The topological polar surface area (TPSA) is 33.1 Å². The van der Waals surface area contributed by atoms with Crippen LogP contribution in [0.25, 0.3) is 0 Å². The molecule has 1 unspecified atom stereocenters. The Hall–Kier alpha value is -2.89. The Labute approximate surface area is 130 Å². The molecule has 0 bridgehead atoms. The largest absolute Gasteiger partial charge is 0.369 e. The lowest BCUT2D eigenvalue weighted by molar-refractivity contribution is 0.145. The number of hydrogen-bond donors (Lipinski definition) is 1. The van der Waals surface area contributed by atoms with Crippen LogP contribution in [0.5, 0.6) is 0 Å². The molecule has 1 atom stereocenters. The van der Waals surface area contributed by atoms with E-state index in [0.717, 1.165) is 11.1 Å². The van der Waals surface area contributed by atoms with Crippen LogP contribution in [0.4, 0.5) is 0 Å². The molecule has 3 rings (SSSR count).